The Morgan fingerprint density at radius 1 is 1.20 bits per heavy atom. The maximum Gasteiger partial charge on any atom is 0.146 e. The van der Waals surface area contributed by atoms with Crippen molar-refractivity contribution in [2.45, 2.75) is 20.4 Å². The van der Waals surface area contributed by atoms with Crippen LogP contribution in [0.15, 0.2) is 36.4 Å². The third-order valence-electron chi connectivity index (χ3n) is 2.95. The summed E-state index contributed by atoms with van der Waals surface area (Å²) >= 11 is 6.18. The summed E-state index contributed by atoms with van der Waals surface area (Å²) in [7, 11) is 0. The fourth-order valence-electron chi connectivity index (χ4n) is 1.77. The van der Waals surface area contributed by atoms with E-state index in [0.717, 1.165) is 18.7 Å². The van der Waals surface area contributed by atoms with E-state index in [9.17, 15) is 4.39 Å². The summed E-state index contributed by atoms with van der Waals surface area (Å²) in [5.74, 6) is 0.673. The highest BCUT2D eigenvalue weighted by Gasteiger charge is 2.06. The smallest absolute Gasteiger partial charge is 0.146 e. The molecule has 2 aromatic carbocycles. The quantitative estimate of drug-likeness (QED) is 0.863. The van der Waals surface area contributed by atoms with Gasteiger partial charge in [-0.1, -0.05) is 30.7 Å². The normalized spacial score (nSPS) is 10.6. The van der Waals surface area contributed by atoms with Gasteiger partial charge in [-0.3, -0.25) is 0 Å². The van der Waals surface area contributed by atoms with Gasteiger partial charge in [0.1, 0.15) is 17.3 Å². The van der Waals surface area contributed by atoms with E-state index < -0.39 is 0 Å². The number of nitrogens with one attached hydrogen (secondary N) is 1. The molecule has 0 unspecified atom stereocenters. The molecule has 0 aliphatic rings. The number of rotatable bonds is 5. The highest BCUT2D eigenvalue weighted by atomic mass is 35.5. The van der Waals surface area contributed by atoms with Crippen molar-refractivity contribution in [3.8, 4) is 11.5 Å². The van der Waals surface area contributed by atoms with Gasteiger partial charge in [-0.2, -0.15) is 0 Å². The molecular weight excluding hydrogens is 277 g/mol. The Balaban J connectivity index is 2.14. The van der Waals surface area contributed by atoms with Crippen LogP contribution >= 0.6 is 11.6 Å². The molecule has 0 amide bonds. The number of aryl methyl sites for hydroxylation is 1. The van der Waals surface area contributed by atoms with E-state index >= 15 is 0 Å². The summed E-state index contributed by atoms with van der Waals surface area (Å²) in [6.07, 6.45) is 0. The van der Waals surface area contributed by atoms with Gasteiger partial charge in [-0.25, -0.2) is 4.39 Å². The summed E-state index contributed by atoms with van der Waals surface area (Å²) < 4.78 is 19.1. The lowest BCUT2D eigenvalue weighted by atomic mass is 10.2. The predicted octanol–water partition coefficient (Wildman–Crippen LogP) is 4.69. The maximum absolute atomic E-state index is 13.5. The van der Waals surface area contributed by atoms with Crippen LogP contribution < -0.4 is 10.1 Å². The molecule has 4 heteroatoms. The van der Waals surface area contributed by atoms with Crippen molar-refractivity contribution < 1.29 is 9.13 Å². The van der Waals surface area contributed by atoms with E-state index in [1.165, 1.54) is 6.07 Å². The second kappa shape index (κ2) is 6.73. The summed E-state index contributed by atoms with van der Waals surface area (Å²) in [5.41, 5.74) is 1.67. The average molecular weight is 294 g/mol. The van der Waals surface area contributed by atoms with Gasteiger partial charge in [0, 0.05) is 12.6 Å². The van der Waals surface area contributed by atoms with Gasteiger partial charge >= 0.3 is 0 Å². The number of hydrogen-bond donors (Lipinski definition) is 1. The minimum atomic E-state index is -0.289. The molecule has 106 valence electrons. The topological polar surface area (TPSA) is 21.3 Å². The van der Waals surface area contributed by atoms with E-state index in [-0.39, 0.29) is 5.82 Å². The molecule has 0 fully saturated rings. The Labute approximate surface area is 123 Å². The molecule has 0 atom stereocenters. The summed E-state index contributed by atoms with van der Waals surface area (Å²) in [5, 5.41) is 3.74. The Morgan fingerprint density at radius 3 is 2.65 bits per heavy atom. The standard InChI is InChI=1S/C16H17ClFNO/c1-3-19-10-12-5-7-16(14(17)8-12)20-13-6-4-11(2)15(18)9-13/h4-9,19H,3,10H2,1-2H3. The second-order valence-corrected chi connectivity index (χ2v) is 4.97. The number of halogens is 2. The molecule has 20 heavy (non-hydrogen) atoms. The lowest BCUT2D eigenvalue weighted by Crippen LogP contribution is -2.11. The van der Waals surface area contributed by atoms with Crippen LogP contribution in [0.2, 0.25) is 5.02 Å². The van der Waals surface area contributed by atoms with Crippen molar-refractivity contribution in [2.24, 2.45) is 0 Å². The van der Waals surface area contributed by atoms with E-state index in [4.69, 9.17) is 16.3 Å². The molecule has 2 aromatic rings. The molecule has 0 saturated carbocycles. The van der Waals surface area contributed by atoms with Gasteiger partial charge in [0.25, 0.3) is 0 Å². The molecule has 0 radical (unpaired) electrons. The molecule has 0 saturated heterocycles. The molecule has 2 rings (SSSR count). The van der Waals surface area contributed by atoms with Crippen molar-refractivity contribution in [1.82, 2.24) is 5.32 Å². The number of hydrogen-bond acceptors (Lipinski definition) is 2. The average Bonchev–Trinajstić information content (AvgIpc) is 2.43. The minimum Gasteiger partial charge on any atom is -0.456 e. The van der Waals surface area contributed by atoms with Gasteiger partial charge in [-0.05, 0) is 42.8 Å². The minimum absolute atomic E-state index is 0.289. The van der Waals surface area contributed by atoms with Crippen molar-refractivity contribution in [2.75, 3.05) is 6.54 Å². The Bertz CT molecular complexity index is 601. The van der Waals surface area contributed by atoms with Gasteiger partial charge in [0.2, 0.25) is 0 Å². The fraction of sp³-hybridized carbons (Fsp3) is 0.250. The first-order valence-electron chi connectivity index (χ1n) is 6.53. The summed E-state index contributed by atoms with van der Waals surface area (Å²) in [4.78, 5) is 0. The van der Waals surface area contributed by atoms with E-state index in [2.05, 4.69) is 5.32 Å². The van der Waals surface area contributed by atoms with Gasteiger partial charge in [0.15, 0.2) is 0 Å². The van der Waals surface area contributed by atoms with Crippen molar-refractivity contribution in [3.63, 3.8) is 0 Å². The molecule has 1 N–H and O–H groups in total. The maximum atomic E-state index is 13.5. The Hall–Kier alpha value is -1.58. The third kappa shape index (κ3) is 3.71. The largest absolute Gasteiger partial charge is 0.456 e. The van der Waals surface area contributed by atoms with Crippen LogP contribution in [0.1, 0.15) is 18.1 Å². The van der Waals surface area contributed by atoms with Crippen LogP contribution in [-0.2, 0) is 6.54 Å². The van der Waals surface area contributed by atoms with E-state index in [1.54, 1.807) is 25.1 Å². The molecule has 0 spiro atoms. The molecule has 0 heterocycles. The second-order valence-electron chi connectivity index (χ2n) is 4.56. The number of benzene rings is 2. The third-order valence-corrected chi connectivity index (χ3v) is 3.24. The molecule has 0 aromatic heterocycles. The van der Waals surface area contributed by atoms with Crippen LogP contribution in [-0.4, -0.2) is 6.54 Å². The monoisotopic (exact) mass is 293 g/mol. The predicted molar refractivity (Wildman–Crippen MR) is 80.0 cm³/mol. The highest BCUT2D eigenvalue weighted by Crippen LogP contribution is 2.30. The van der Waals surface area contributed by atoms with Gasteiger partial charge < -0.3 is 10.1 Å². The first-order chi connectivity index (χ1) is 9.60. The summed E-state index contributed by atoms with van der Waals surface area (Å²) in [6, 6.07) is 10.4. The van der Waals surface area contributed by atoms with Gasteiger partial charge in [0.05, 0.1) is 5.02 Å². The Morgan fingerprint density at radius 2 is 2.00 bits per heavy atom. The Kier molecular flexibility index (Phi) is 4.99. The lowest BCUT2D eigenvalue weighted by molar-refractivity contribution is 0.476. The van der Waals surface area contributed by atoms with Crippen LogP contribution in [0.3, 0.4) is 0 Å². The van der Waals surface area contributed by atoms with Crippen molar-refractivity contribution >= 4 is 11.6 Å². The highest BCUT2D eigenvalue weighted by molar-refractivity contribution is 6.32. The van der Waals surface area contributed by atoms with Crippen LogP contribution in [0.25, 0.3) is 0 Å². The van der Waals surface area contributed by atoms with Crippen LogP contribution in [0, 0.1) is 12.7 Å². The first kappa shape index (κ1) is 14.8. The van der Waals surface area contributed by atoms with Crippen molar-refractivity contribution in [1.29, 1.82) is 0 Å². The zero-order valence-corrected chi connectivity index (χ0v) is 12.3. The lowest BCUT2D eigenvalue weighted by Gasteiger charge is -2.10. The van der Waals surface area contributed by atoms with E-state index in [0.29, 0.717) is 22.1 Å². The zero-order chi connectivity index (χ0) is 14.5. The SMILES string of the molecule is CCNCc1ccc(Oc2ccc(C)c(F)c2)c(Cl)c1. The van der Waals surface area contributed by atoms with Gasteiger partial charge in [-0.15, -0.1) is 0 Å². The van der Waals surface area contributed by atoms with E-state index in [1.807, 2.05) is 19.1 Å². The molecule has 0 aliphatic heterocycles. The molecular formula is C16H17ClFNO. The number of ether oxygens (including phenoxy) is 1. The molecule has 0 bridgehead atoms. The zero-order valence-electron chi connectivity index (χ0n) is 11.5. The fourth-order valence-corrected chi connectivity index (χ4v) is 2.01. The van der Waals surface area contributed by atoms with Crippen LogP contribution in [0.5, 0.6) is 11.5 Å². The molecule has 2 nitrogen and oxygen atoms in total. The van der Waals surface area contributed by atoms with Crippen molar-refractivity contribution in [3.05, 3.63) is 58.4 Å². The van der Waals surface area contributed by atoms with Crippen LogP contribution in [0.4, 0.5) is 4.39 Å². The first-order valence-corrected chi connectivity index (χ1v) is 6.91. The summed E-state index contributed by atoms with van der Waals surface area (Å²) in [6.45, 7) is 5.42. The molecule has 0 aliphatic carbocycles.